The van der Waals surface area contributed by atoms with Crippen LogP contribution in [0.3, 0.4) is 0 Å². The molecule has 2 aromatic carbocycles. The highest BCUT2D eigenvalue weighted by atomic mass is 35.5. The molecule has 0 aliphatic heterocycles. The lowest BCUT2D eigenvalue weighted by Crippen LogP contribution is -2.31. The van der Waals surface area contributed by atoms with Crippen LogP contribution in [0.2, 0.25) is 0 Å². The smallest absolute Gasteiger partial charge is 0.305 e. The summed E-state index contributed by atoms with van der Waals surface area (Å²) in [5.74, 6) is 0.112. The Bertz CT molecular complexity index is 1190. The van der Waals surface area contributed by atoms with Crippen molar-refractivity contribution in [2.75, 3.05) is 38.6 Å². The number of thiazole rings is 1. The lowest BCUT2D eigenvalue weighted by molar-refractivity contribution is 0.142. The van der Waals surface area contributed by atoms with Crippen LogP contribution in [0.4, 0.5) is 0 Å². The van der Waals surface area contributed by atoms with Gasteiger partial charge in [-0.05, 0) is 56.5 Å². The largest absolute Gasteiger partial charge is 0.506 e. The summed E-state index contributed by atoms with van der Waals surface area (Å²) in [5, 5.41) is 13.1. The predicted octanol–water partition coefficient (Wildman–Crippen LogP) is 2.73. The van der Waals surface area contributed by atoms with Crippen molar-refractivity contribution in [3.63, 3.8) is 0 Å². The number of halogens is 1. The summed E-state index contributed by atoms with van der Waals surface area (Å²) < 4.78 is 33.1. The van der Waals surface area contributed by atoms with E-state index in [0.717, 1.165) is 28.0 Å². The number of nitrogens with one attached hydrogen (secondary N) is 3. The summed E-state index contributed by atoms with van der Waals surface area (Å²) in [6, 6.07) is 11.7. The third-order valence-corrected chi connectivity index (χ3v) is 7.63. The first-order chi connectivity index (χ1) is 15.8. The van der Waals surface area contributed by atoms with Crippen molar-refractivity contribution in [2.45, 2.75) is 26.2 Å². The van der Waals surface area contributed by atoms with Gasteiger partial charge in [0.1, 0.15) is 11.3 Å². The SMILES string of the molecule is Cc1ccc(CCOCCNS(=O)(=O)CCCNCCc2ccc(O)c3[nH]c(=O)sc23)cc1.Cl. The van der Waals surface area contributed by atoms with Gasteiger partial charge in [-0.2, -0.15) is 0 Å². The van der Waals surface area contributed by atoms with Gasteiger partial charge in [0, 0.05) is 6.54 Å². The number of phenolic OH excluding ortho intramolecular Hbond substituents is 1. The zero-order valence-corrected chi connectivity index (χ0v) is 21.6. The molecule has 0 aliphatic carbocycles. The molecule has 3 aromatic rings. The second-order valence-corrected chi connectivity index (χ2v) is 10.8. The van der Waals surface area contributed by atoms with Gasteiger partial charge in [0.25, 0.3) is 0 Å². The fraction of sp³-hybridized carbons (Fsp3) is 0.435. The Kier molecular flexibility index (Phi) is 11.5. The van der Waals surface area contributed by atoms with Crippen LogP contribution in [-0.4, -0.2) is 57.1 Å². The molecule has 0 bridgehead atoms. The van der Waals surface area contributed by atoms with Crippen molar-refractivity contribution in [1.82, 2.24) is 15.0 Å². The van der Waals surface area contributed by atoms with Crippen LogP contribution >= 0.6 is 23.7 Å². The van der Waals surface area contributed by atoms with E-state index in [1.54, 1.807) is 12.1 Å². The number of aromatic amines is 1. The highest BCUT2D eigenvalue weighted by Gasteiger charge is 2.10. The first kappa shape index (κ1) is 28.3. The van der Waals surface area contributed by atoms with Crippen molar-refractivity contribution in [3.8, 4) is 5.75 Å². The number of aromatic hydroxyl groups is 1. The van der Waals surface area contributed by atoms with E-state index >= 15 is 0 Å². The van der Waals surface area contributed by atoms with E-state index in [2.05, 4.69) is 39.3 Å². The Morgan fingerprint density at radius 1 is 1.03 bits per heavy atom. The van der Waals surface area contributed by atoms with Gasteiger partial charge in [0.05, 0.1) is 23.7 Å². The van der Waals surface area contributed by atoms with E-state index in [9.17, 15) is 18.3 Å². The van der Waals surface area contributed by atoms with E-state index in [0.29, 0.717) is 44.7 Å². The van der Waals surface area contributed by atoms with E-state index in [1.807, 2.05) is 6.92 Å². The molecule has 0 saturated heterocycles. The molecule has 0 radical (unpaired) electrons. The van der Waals surface area contributed by atoms with Crippen LogP contribution in [-0.2, 0) is 27.6 Å². The number of fused-ring (bicyclic) bond motifs is 1. The number of hydrogen-bond acceptors (Lipinski definition) is 7. The first-order valence-corrected chi connectivity index (χ1v) is 13.5. The Hall–Kier alpha value is -1.95. The fourth-order valence-corrected chi connectivity index (χ4v) is 5.35. The normalized spacial score (nSPS) is 11.6. The Balaban J connectivity index is 0.00000408. The summed E-state index contributed by atoms with van der Waals surface area (Å²) in [5.41, 5.74) is 3.86. The number of H-pyrrole nitrogens is 1. The van der Waals surface area contributed by atoms with E-state index in [-0.39, 0.29) is 35.3 Å². The average Bonchev–Trinajstić information content (AvgIpc) is 3.18. The Morgan fingerprint density at radius 2 is 1.79 bits per heavy atom. The number of aromatic nitrogens is 1. The number of sulfonamides is 1. The summed E-state index contributed by atoms with van der Waals surface area (Å²) >= 11 is 1.08. The minimum atomic E-state index is -3.33. The lowest BCUT2D eigenvalue weighted by Gasteiger charge is -2.09. The van der Waals surface area contributed by atoms with Gasteiger partial charge in [-0.3, -0.25) is 4.79 Å². The molecule has 0 amide bonds. The van der Waals surface area contributed by atoms with Gasteiger partial charge in [-0.15, -0.1) is 12.4 Å². The minimum absolute atomic E-state index is 0. The maximum atomic E-state index is 12.1. The molecule has 0 aliphatic rings. The van der Waals surface area contributed by atoms with E-state index in [4.69, 9.17) is 4.74 Å². The van der Waals surface area contributed by atoms with Crippen LogP contribution in [0.5, 0.6) is 5.75 Å². The van der Waals surface area contributed by atoms with Crippen molar-refractivity contribution < 1.29 is 18.3 Å². The minimum Gasteiger partial charge on any atom is -0.506 e. The third-order valence-electron chi connectivity index (χ3n) is 5.20. The zero-order valence-electron chi connectivity index (χ0n) is 19.1. The predicted molar refractivity (Wildman–Crippen MR) is 140 cm³/mol. The van der Waals surface area contributed by atoms with Gasteiger partial charge >= 0.3 is 4.87 Å². The lowest BCUT2D eigenvalue weighted by atomic mass is 10.1. The summed E-state index contributed by atoms with van der Waals surface area (Å²) in [4.78, 5) is 14.0. The number of rotatable bonds is 14. The summed E-state index contributed by atoms with van der Waals surface area (Å²) in [6.07, 6.45) is 1.97. The topological polar surface area (TPSA) is 121 Å². The third kappa shape index (κ3) is 9.01. The van der Waals surface area contributed by atoms with E-state index < -0.39 is 10.0 Å². The number of benzene rings is 2. The van der Waals surface area contributed by atoms with E-state index in [1.165, 1.54) is 11.1 Å². The molecule has 4 N–H and O–H groups in total. The van der Waals surface area contributed by atoms with Crippen LogP contribution in [0.25, 0.3) is 10.2 Å². The Morgan fingerprint density at radius 3 is 2.56 bits per heavy atom. The van der Waals surface area contributed by atoms with Gasteiger partial charge in [0.2, 0.25) is 10.0 Å². The zero-order chi connectivity index (χ0) is 23.7. The molecule has 1 aromatic heterocycles. The molecular formula is C23H32ClN3O5S2. The number of aryl methyl sites for hydroxylation is 1. The molecule has 8 nitrogen and oxygen atoms in total. The molecule has 3 rings (SSSR count). The van der Waals surface area contributed by atoms with Gasteiger partial charge in [-0.1, -0.05) is 47.2 Å². The molecular weight excluding hydrogens is 498 g/mol. The molecule has 1 heterocycles. The second-order valence-electron chi connectivity index (χ2n) is 7.88. The highest BCUT2D eigenvalue weighted by Crippen LogP contribution is 2.27. The molecule has 0 saturated carbocycles. The van der Waals surface area contributed by atoms with Crippen LogP contribution in [0.15, 0.2) is 41.2 Å². The monoisotopic (exact) mass is 529 g/mol. The first-order valence-electron chi connectivity index (χ1n) is 11.0. The van der Waals surface area contributed by atoms with Crippen LogP contribution < -0.4 is 14.9 Å². The fourth-order valence-electron chi connectivity index (χ4n) is 3.39. The summed E-state index contributed by atoms with van der Waals surface area (Å²) in [7, 11) is -3.33. The molecule has 188 valence electrons. The molecule has 34 heavy (non-hydrogen) atoms. The van der Waals surface area contributed by atoms with Crippen molar-refractivity contribution in [2.24, 2.45) is 0 Å². The van der Waals surface area contributed by atoms with Crippen molar-refractivity contribution in [3.05, 3.63) is 62.8 Å². The molecule has 0 atom stereocenters. The number of phenols is 1. The van der Waals surface area contributed by atoms with Crippen molar-refractivity contribution >= 4 is 44.0 Å². The Labute approximate surface area is 210 Å². The molecule has 11 heteroatoms. The van der Waals surface area contributed by atoms with Gasteiger partial charge in [0.15, 0.2) is 0 Å². The van der Waals surface area contributed by atoms with Crippen LogP contribution in [0.1, 0.15) is 23.1 Å². The quantitative estimate of drug-likeness (QED) is 0.238. The molecule has 0 fully saturated rings. The number of ether oxygens (including phenoxy) is 1. The summed E-state index contributed by atoms with van der Waals surface area (Å²) in [6.45, 7) is 4.43. The van der Waals surface area contributed by atoms with Gasteiger partial charge in [-0.25, -0.2) is 13.1 Å². The highest BCUT2D eigenvalue weighted by molar-refractivity contribution is 7.89. The van der Waals surface area contributed by atoms with Crippen LogP contribution in [0, 0.1) is 6.92 Å². The molecule has 0 spiro atoms. The van der Waals surface area contributed by atoms with Gasteiger partial charge < -0.3 is 20.1 Å². The standard InChI is InChI=1S/C23H31N3O5S2.ClH/c1-17-3-5-18(6-4-17)10-14-31-15-13-25-33(29,30)16-2-11-24-12-9-19-7-8-20(27)21-22(19)32-23(28)26-21;/h3-8,24-25,27H,2,9-16H2,1H3,(H,26,28);1H. The average molecular weight is 530 g/mol. The second kappa shape index (κ2) is 13.8. The molecule has 0 unspecified atom stereocenters. The maximum absolute atomic E-state index is 12.1. The van der Waals surface area contributed by atoms with Crippen molar-refractivity contribution in [1.29, 1.82) is 0 Å². The number of hydrogen-bond donors (Lipinski definition) is 4. The maximum Gasteiger partial charge on any atom is 0.305 e.